The lowest BCUT2D eigenvalue weighted by atomic mass is 9.94. The van der Waals surface area contributed by atoms with Gasteiger partial charge in [0.25, 0.3) is 5.56 Å². The van der Waals surface area contributed by atoms with Gasteiger partial charge in [0.2, 0.25) is 11.5 Å². The van der Waals surface area contributed by atoms with Crippen LogP contribution in [0.5, 0.6) is 0 Å². The molecule has 2 aromatic heterocycles. The zero-order chi connectivity index (χ0) is 33.8. The SMILES string of the molecule is N=c1oc2ccccc2cc1-c1cc(-c2ccccc2)c2c3ncnc(N4C(=O)CSC4c4ccccc4)c3c(=O)nc-2n1-c1ccccc1. The van der Waals surface area contributed by atoms with Gasteiger partial charge in [0.15, 0.2) is 11.6 Å². The van der Waals surface area contributed by atoms with E-state index in [0.717, 1.165) is 27.8 Å². The minimum atomic E-state index is -0.560. The van der Waals surface area contributed by atoms with E-state index in [2.05, 4.69) is 4.98 Å². The summed E-state index contributed by atoms with van der Waals surface area (Å²) in [4.78, 5) is 43.7. The molecule has 3 aliphatic rings. The van der Waals surface area contributed by atoms with Crippen LogP contribution < -0.4 is 16.0 Å². The fourth-order valence-electron chi connectivity index (χ4n) is 6.72. The van der Waals surface area contributed by atoms with Crippen LogP contribution in [0.25, 0.3) is 61.3 Å². The van der Waals surface area contributed by atoms with Crippen molar-refractivity contribution in [2.24, 2.45) is 0 Å². The molecule has 50 heavy (non-hydrogen) atoms. The molecule has 10 heteroatoms. The maximum absolute atomic E-state index is 14.4. The van der Waals surface area contributed by atoms with Crippen LogP contribution in [0.2, 0.25) is 0 Å². The number of rotatable bonds is 5. The van der Waals surface area contributed by atoms with Crippen molar-refractivity contribution in [3.63, 3.8) is 0 Å². The number of amides is 1. The van der Waals surface area contributed by atoms with Crippen molar-refractivity contribution < 1.29 is 9.21 Å². The van der Waals surface area contributed by atoms with Crippen LogP contribution in [-0.2, 0) is 4.79 Å². The Bertz CT molecular complexity index is 2680. The molecule has 3 aliphatic heterocycles. The Kier molecular flexibility index (Phi) is 7.10. The number of thioether (sulfide) groups is 1. The molecule has 1 unspecified atom stereocenters. The fourth-order valence-corrected chi connectivity index (χ4v) is 7.88. The Hall–Kier alpha value is -6.39. The van der Waals surface area contributed by atoms with E-state index in [0.29, 0.717) is 33.7 Å². The average molecular weight is 671 g/mol. The Morgan fingerprint density at radius 2 is 1.48 bits per heavy atom. The number of anilines is 1. The first-order valence-electron chi connectivity index (χ1n) is 16.0. The number of hydrogen-bond acceptors (Lipinski definition) is 8. The molecule has 1 N–H and O–H groups in total. The van der Waals surface area contributed by atoms with Gasteiger partial charge in [-0.25, -0.2) is 9.97 Å². The van der Waals surface area contributed by atoms with Crippen molar-refractivity contribution in [2.45, 2.75) is 5.37 Å². The summed E-state index contributed by atoms with van der Waals surface area (Å²) in [5, 5.41) is 9.65. The molecule has 240 valence electrons. The molecule has 0 saturated carbocycles. The first-order valence-corrected chi connectivity index (χ1v) is 17.0. The third kappa shape index (κ3) is 4.80. The maximum atomic E-state index is 14.4. The highest BCUT2D eigenvalue weighted by Crippen LogP contribution is 2.45. The second kappa shape index (κ2) is 11.9. The van der Waals surface area contributed by atoms with Crippen LogP contribution in [0.3, 0.4) is 0 Å². The number of nitrogens with one attached hydrogen (secondary N) is 1. The van der Waals surface area contributed by atoms with Crippen LogP contribution in [-0.4, -0.2) is 31.2 Å². The first-order chi connectivity index (χ1) is 24.6. The second-order valence-electron chi connectivity index (χ2n) is 11.9. The van der Waals surface area contributed by atoms with Gasteiger partial charge in [-0.1, -0.05) is 97.1 Å². The predicted molar refractivity (Wildman–Crippen MR) is 195 cm³/mol. The monoisotopic (exact) mass is 670 g/mol. The van der Waals surface area contributed by atoms with Gasteiger partial charge >= 0.3 is 0 Å². The molecule has 1 amide bonds. The number of nitrogens with zero attached hydrogens (tertiary/aromatic N) is 5. The summed E-state index contributed by atoms with van der Waals surface area (Å²) in [5.74, 6) is 0.682. The first kappa shape index (κ1) is 29.7. The Labute approximate surface area is 289 Å². The predicted octanol–water partition coefficient (Wildman–Crippen LogP) is 7.62. The lowest BCUT2D eigenvalue weighted by Crippen LogP contribution is -2.30. The lowest BCUT2D eigenvalue weighted by Gasteiger charge is -2.26. The van der Waals surface area contributed by atoms with E-state index in [4.69, 9.17) is 19.8 Å². The Morgan fingerprint density at radius 1 is 0.780 bits per heavy atom. The lowest BCUT2D eigenvalue weighted by molar-refractivity contribution is -0.115. The number of benzene rings is 4. The van der Waals surface area contributed by atoms with Crippen molar-refractivity contribution in [2.75, 3.05) is 10.7 Å². The molecule has 0 spiro atoms. The van der Waals surface area contributed by atoms with Gasteiger partial charge in [-0.05, 0) is 47.0 Å². The van der Waals surface area contributed by atoms with Gasteiger partial charge in [0.05, 0.1) is 28.1 Å². The minimum Gasteiger partial charge on any atom is -0.438 e. The van der Waals surface area contributed by atoms with Crippen molar-refractivity contribution in [1.82, 2.24) is 19.5 Å². The third-order valence-corrected chi connectivity index (χ3v) is 10.2. The van der Waals surface area contributed by atoms with Gasteiger partial charge in [-0.3, -0.25) is 24.5 Å². The molecule has 9 nitrogen and oxygen atoms in total. The van der Waals surface area contributed by atoms with Crippen LogP contribution in [0.1, 0.15) is 10.9 Å². The van der Waals surface area contributed by atoms with Crippen molar-refractivity contribution >= 4 is 45.4 Å². The average Bonchev–Trinajstić information content (AvgIpc) is 3.55. The van der Waals surface area contributed by atoms with E-state index >= 15 is 0 Å². The molecule has 0 radical (unpaired) electrons. The highest BCUT2D eigenvalue weighted by molar-refractivity contribution is 8.00. The summed E-state index contributed by atoms with van der Waals surface area (Å²) >= 11 is 1.49. The molecule has 6 aromatic rings. The number of para-hydroxylation sites is 2. The van der Waals surface area contributed by atoms with E-state index in [1.165, 1.54) is 18.1 Å². The summed E-state index contributed by atoms with van der Waals surface area (Å²) in [6, 6.07) is 40.6. The van der Waals surface area contributed by atoms with E-state index in [1.54, 1.807) is 4.90 Å². The number of carbonyl (C=O) groups excluding carboxylic acids is 1. The second-order valence-corrected chi connectivity index (χ2v) is 13.0. The number of hydrogen-bond donors (Lipinski definition) is 1. The molecule has 1 fully saturated rings. The molecule has 1 saturated heterocycles. The van der Waals surface area contributed by atoms with Crippen LogP contribution in [0, 0.1) is 5.41 Å². The highest BCUT2D eigenvalue weighted by atomic mass is 32.2. The molecule has 5 heterocycles. The quantitative estimate of drug-likeness (QED) is 0.187. The van der Waals surface area contributed by atoms with Crippen LogP contribution in [0.15, 0.2) is 143 Å². The van der Waals surface area contributed by atoms with E-state index in [-0.39, 0.29) is 33.8 Å². The van der Waals surface area contributed by atoms with Crippen molar-refractivity contribution in [3.8, 4) is 39.5 Å². The Balaban J connectivity index is 1.41. The maximum Gasteiger partial charge on any atom is 0.285 e. The third-order valence-electron chi connectivity index (χ3n) is 8.94. The molecular weight excluding hydrogens is 645 g/mol. The number of fused-ring (bicyclic) bond motifs is 4. The fraction of sp³-hybridized carbons (Fsp3) is 0.0500. The van der Waals surface area contributed by atoms with Crippen molar-refractivity contribution in [1.29, 1.82) is 5.41 Å². The smallest absolute Gasteiger partial charge is 0.285 e. The topological polar surface area (TPSA) is 118 Å². The summed E-state index contributed by atoms with van der Waals surface area (Å²) < 4.78 is 7.91. The molecular formula is C40H26N6O3S. The largest absolute Gasteiger partial charge is 0.438 e. The number of pyridine rings is 2. The standard InChI is InChI=1S/C40H26N6O3S/c41-36-29(20-26-16-10-11-19-31(26)49-36)30-21-28(24-12-4-1-5-13-24)33-35-34(39(48)44-38(33)45(30)27-17-8-3-9-18-27)37(43-23-42-35)46-32(47)22-50-40(46)25-14-6-2-7-15-25/h1-21,23,40-41H,22H2. The summed E-state index contributed by atoms with van der Waals surface area (Å²) in [5.41, 5.74) is 5.40. The molecule has 0 bridgehead atoms. The van der Waals surface area contributed by atoms with Gasteiger partial charge in [-0.15, -0.1) is 11.8 Å². The number of aromatic nitrogens is 4. The van der Waals surface area contributed by atoms with Crippen LogP contribution >= 0.6 is 11.8 Å². The van der Waals surface area contributed by atoms with Gasteiger partial charge < -0.3 is 4.42 Å². The Morgan fingerprint density at radius 3 is 2.26 bits per heavy atom. The molecule has 1 atom stereocenters. The highest BCUT2D eigenvalue weighted by Gasteiger charge is 2.37. The van der Waals surface area contributed by atoms with Crippen LogP contribution in [0.4, 0.5) is 5.82 Å². The van der Waals surface area contributed by atoms with E-state index in [1.807, 2.05) is 132 Å². The summed E-state index contributed by atoms with van der Waals surface area (Å²) in [6.45, 7) is 0. The molecule has 4 aromatic carbocycles. The van der Waals surface area contributed by atoms with Crippen molar-refractivity contribution in [3.05, 3.63) is 155 Å². The molecule has 0 aliphatic carbocycles. The van der Waals surface area contributed by atoms with Gasteiger partial charge in [-0.2, -0.15) is 4.98 Å². The van der Waals surface area contributed by atoms with Gasteiger partial charge in [0.1, 0.15) is 22.7 Å². The van der Waals surface area contributed by atoms with Gasteiger partial charge in [0, 0.05) is 11.1 Å². The minimum absolute atomic E-state index is 0.0310. The number of carbonyl (C=O) groups is 1. The van der Waals surface area contributed by atoms with E-state index < -0.39 is 5.56 Å². The zero-order valence-corrected chi connectivity index (χ0v) is 27.2. The summed E-state index contributed by atoms with van der Waals surface area (Å²) in [7, 11) is 0. The summed E-state index contributed by atoms with van der Waals surface area (Å²) in [6.07, 6.45) is 1.41. The molecule has 9 rings (SSSR count). The van der Waals surface area contributed by atoms with E-state index in [9.17, 15) is 9.59 Å². The normalized spacial score (nSPS) is 14.6. The zero-order valence-electron chi connectivity index (χ0n) is 26.4.